The highest BCUT2D eigenvalue weighted by Crippen LogP contribution is 2.08. The van der Waals surface area contributed by atoms with Crippen molar-refractivity contribution in [3.05, 3.63) is 0 Å². The highest BCUT2D eigenvalue weighted by atomic mass is 16.3. The van der Waals surface area contributed by atoms with Gasteiger partial charge in [-0.25, -0.2) is 0 Å². The van der Waals surface area contributed by atoms with Crippen molar-refractivity contribution in [3.63, 3.8) is 0 Å². The van der Waals surface area contributed by atoms with Crippen LogP contribution in [0, 0.1) is 0 Å². The van der Waals surface area contributed by atoms with Crippen molar-refractivity contribution in [2.45, 2.75) is 38.8 Å². The van der Waals surface area contributed by atoms with E-state index in [4.69, 9.17) is 10.2 Å². The lowest BCUT2D eigenvalue weighted by molar-refractivity contribution is -0.130. The van der Waals surface area contributed by atoms with E-state index in [2.05, 4.69) is 10.6 Å². The minimum absolute atomic E-state index is 0.308. The van der Waals surface area contributed by atoms with Gasteiger partial charge in [0.15, 0.2) is 0 Å². The fourth-order valence-corrected chi connectivity index (χ4v) is 1.18. The SMILES string of the molecule is CCC(CO)(CO)NC(=O)C(C)NC(C)=O. The number of hydrogen-bond donors (Lipinski definition) is 4. The van der Waals surface area contributed by atoms with E-state index in [0.717, 1.165) is 0 Å². The number of amides is 2. The molecule has 4 N–H and O–H groups in total. The summed E-state index contributed by atoms with van der Waals surface area (Å²) in [6.45, 7) is 3.90. The van der Waals surface area contributed by atoms with Crippen molar-refractivity contribution in [1.82, 2.24) is 10.6 Å². The zero-order valence-corrected chi connectivity index (χ0v) is 9.91. The predicted molar refractivity (Wildman–Crippen MR) is 58.6 cm³/mol. The zero-order chi connectivity index (χ0) is 12.8. The van der Waals surface area contributed by atoms with Gasteiger partial charge in [-0.2, -0.15) is 0 Å². The van der Waals surface area contributed by atoms with Gasteiger partial charge in [0.25, 0.3) is 0 Å². The third-order valence-corrected chi connectivity index (χ3v) is 2.48. The summed E-state index contributed by atoms with van der Waals surface area (Å²) in [5.41, 5.74) is -1.02. The van der Waals surface area contributed by atoms with Crippen molar-refractivity contribution in [2.24, 2.45) is 0 Å². The predicted octanol–water partition coefficient (Wildman–Crippen LogP) is -1.24. The molecule has 6 heteroatoms. The molecule has 1 unspecified atom stereocenters. The molecule has 0 aliphatic rings. The number of nitrogens with one attached hydrogen (secondary N) is 2. The van der Waals surface area contributed by atoms with Gasteiger partial charge < -0.3 is 20.8 Å². The molecule has 1 atom stereocenters. The first-order valence-corrected chi connectivity index (χ1v) is 5.21. The maximum atomic E-state index is 11.6. The lowest BCUT2D eigenvalue weighted by Gasteiger charge is -2.31. The Labute approximate surface area is 95.0 Å². The molecule has 0 fully saturated rings. The van der Waals surface area contributed by atoms with Crippen LogP contribution < -0.4 is 10.6 Å². The van der Waals surface area contributed by atoms with E-state index in [1.54, 1.807) is 6.92 Å². The summed E-state index contributed by atoms with van der Waals surface area (Å²) in [7, 11) is 0. The second kappa shape index (κ2) is 6.44. The molecule has 0 bridgehead atoms. The van der Waals surface area contributed by atoms with Crippen LogP contribution in [0.2, 0.25) is 0 Å². The maximum Gasteiger partial charge on any atom is 0.242 e. The molecule has 94 valence electrons. The molecule has 2 amide bonds. The van der Waals surface area contributed by atoms with Crippen molar-refractivity contribution < 1.29 is 19.8 Å². The first-order chi connectivity index (χ1) is 7.40. The Balaban J connectivity index is 4.45. The van der Waals surface area contributed by atoms with Crippen molar-refractivity contribution in [3.8, 4) is 0 Å². The van der Waals surface area contributed by atoms with Crippen LogP contribution in [0.1, 0.15) is 27.2 Å². The number of hydrogen-bond acceptors (Lipinski definition) is 4. The topological polar surface area (TPSA) is 98.7 Å². The summed E-state index contributed by atoms with van der Waals surface area (Å²) in [5, 5.41) is 23.2. The number of rotatable bonds is 6. The van der Waals surface area contributed by atoms with Gasteiger partial charge in [-0.1, -0.05) is 6.92 Å². The lowest BCUT2D eigenvalue weighted by Crippen LogP contribution is -2.58. The Morgan fingerprint density at radius 2 is 1.81 bits per heavy atom. The Kier molecular flexibility index (Phi) is 5.98. The van der Waals surface area contributed by atoms with Crippen molar-refractivity contribution >= 4 is 11.8 Å². The minimum atomic E-state index is -1.02. The van der Waals surface area contributed by atoms with Crippen LogP contribution in [0.15, 0.2) is 0 Å². The summed E-state index contributed by atoms with van der Waals surface area (Å²) >= 11 is 0. The van der Waals surface area contributed by atoms with Crippen LogP contribution in [0.25, 0.3) is 0 Å². The van der Waals surface area contributed by atoms with Gasteiger partial charge in [0.1, 0.15) is 6.04 Å². The van der Waals surface area contributed by atoms with E-state index in [1.807, 2.05) is 0 Å². The first kappa shape index (κ1) is 14.9. The summed E-state index contributed by atoms with van der Waals surface area (Å²) < 4.78 is 0. The summed E-state index contributed by atoms with van der Waals surface area (Å²) in [6.07, 6.45) is 0.401. The molecule has 0 radical (unpaired) electrons. The average molecular weight is 232 g/mol. The van der Waals surface area contributed by atoms with Crippen LogP contribution >= 0.6 is 0 Å². The number of aliphatic hydroxyl groups excluding tert-OH is 2. The van der Waals surface area contributed by atoms with E-state index in [9.17, 15) is 9.59 Å². The zero-order valence-electron chi connectivity index (χ0n) is 9.91. The summed E-state index contributed by atoms with van der Waals surface area (Å²) in [6, 6.07) is -0.693. The van der Waals surface area contributed by atoms with Gasteiger partial charge >= 0.3 is 0 Å². The molecule has 0 saturated heterocycles. The fourth-order valence-electron chi connectivity index (χ4n) is 1.18. The lowest BCUT2D eigenvalue weighted by atomic mass is 9.98. The normalized spacial score (nSPS) is 13.1. The molecule has 0 aliphatic carbocycles. The Morgan fingerprint density at radius 1 is 1.31 bits per heavy atom. The van der Waals surface area contributed by atoms with Gasteiger partial charge in [-0.15, -0.1) is 0 Å². The van der Waals surface area contributed by atoms with Crippen molar-refractivity contribution in [2.75, 3.05) is 13.2 Å². The van der Waals surface area contributed by atoms with Gasteiger partial charge in [0.2, 0.25) is 11.8 Å². The fraction of sp³-hybridized carbons (Fsp3) is 0.800. The molecule has 16 heavy (non-hydrogen) atoms. The minimum Gasteiger partial charge on any atom is -0.394 e. The van der Waals surface area contributed by atoms with Crippen LogP contribution in [0.5, 0.6) is 0 Å². The third-order valence-electron chi connectivity index (χ3n) is 2.48. The Hall–Kier alpha value is -1.14. The molecule has 0 aromatic carbocycles. The largest absolute Gasteiger partial charge is 0.394 e. The molecular formula is C10H20N2O4. The van der Waals surface area contributed by atoms with Crippen LogP contribution in [-0.2, 0) is 9.59 Å². The summed E-state index contributed by atoms with van der Waals surface area (Å²) in [5.74, 6) is -0.738. The average Bonchev–Trinajstić information content (AvgIpc) is 2.25. The molecule has 0 aliphatic heterocycles. The molecular weight excluding hydrogens is 212 g/mol. The molecule has 0 spiro atoms. The smallest absolute Gasteiger partial charge is 0.242 e. The number of carbonyl (C=O) groups excluding carboxylic acids is 2. The maximum absolute atomic E-state index is 11.6. The highest BCUT2D eigenvalue weighted by molar-refractivity contribution is 5.86. The Bertz CT molecular complexity index is 243. The van der Waals surface area contributed by atoms with Gasteiger partial charge in [0, 0.05) is 6.92 Å². The third kappa shape index (κ3) is 4.16. The van der Waals surface area contributed by atoms with E-state index >= 15 is 0 Å². The second-order valence-electron chi connectivity index (χ2n) is 3.86. The quantitative estimate of drug-likeness (QED) is 0.460. The van der Waals surface area contributed by atoms with E-state index in [-0.39, 0.29) is 19.1 Å². The Morgan fingerprint density at radius 3 is 2.12 bits per heavy atom. The van der Waals surface area contributed by atoms with Crippen LogP contribution in [0.3, 0.4) is 0 Å². The van der Waals surface area contributed by atoms with E-state index < -0.39 is 17.5 Å². The van der Waals surface area contributed by atoms with Gasteiger partial charge in [0.05, 0.1) is 18.8 Å². The first-order valence-electron chi connectivity index (χ1n) is 5.21. The molecule has 0 saturated carbocycles. The van der Waals surface area contributed by atoms with Crippen LogP contribution in [0.4, 0.5) is 0 Å². The molecule has 0 rings (SSSR count). The standard InChI is InChI=1S/C10H20N2O4/c1-4-10(5-13,6-14)12-9(16)7(2)11-8(3)15/h7,13-14H,4-6H2,1-3H3,(H,11,15)(H,12,16). The van der Waals surface area contributed by atoms with E-state index in [1.165, 1.54) is 13.8 Å². The summed E-state index contributed by atoms with van der Waals surface area (Å²) in [4.78, 5) is 22.4. The van der Waals surface area contributed by atoms with Gasteiger partial charge in [-0.3, -0.25) is 9.59 Å². The van der Waals surface area contributed by atoms with E-state index in [0.29, 0.717) is 6.42 Å². The monoisotopic (exact) mass is 232 g/mol. The molecule has 0 heterocycles. The highest BCUT2D eigenvalue weighted by Gasteiger charge is 2.30. The van der Waals surface area contributed by atoms with Crippen molar-refractivity contribution in [1.29, 1.82) is 0 Å². The molecule has 6 nitrogen and oxygen atoms in total. The number of aliphatic hydroxyl groups is 2. The molecule has 0 aromatic heterocycles. The second-order valence-corrected chi connectivity index (χ2v) is 3.86. The molecule has 0 aromatic rings. The van der Waals surface area contributed by atoms with Crippen LogP contribution in [-0.4, -0.2) is 46.8 Å². The number of carbonyl (C=O) groups is 2. The van der Waals surface area contributed by atoms with Gasteiger partial charge in [-0.05, 0) is 13.3 Å².